The molecule has 0 saturated carbocycles. The number of pyridine rings is 1. The number of fused-ring (bicyclic) bond motifs is 7. The molecule has 4 heterocycles. The van der Waals surface area contributed by atoms with E-state index in [0.29, 0.717) is 5.82 Å². The number of nitrogens with zero attached hydrogens (tertiary/aromatic N) is 2. The van der Waals surface area contributed by atoms with E-state index < -0.39 is 18.0 Å². The summed E-state index contributed by atoms with van der Waals surface area (Å²) in [6.07, 6.45) is 1.46. The Hall–Kier alpha value is -3.19. The number of rotatable bonds is 2. The summed E-state index contributed by atoms with van der Waals surface area (Å²) in [7, 11) is 2.62. The summed E-state index contributed by atoms with van der Waals surface area (Å²) in [6.45, 7) is 0. The van der Waals surface area contributed by atoms with Crippen molar-refractivity contribution in [3.05, 3.63) is 70.6 Å². The fourth-order valence-corrected chi connectivity index (χ4v) is 4.51. The van der Waals surface area contributed by atoms with Crippen molar-refractivity contribution in [2.45, 2.75) is 18.1 Å². The minimum absolute atomic E-state index is 0.00000283. The van der Waals surface area contributed by atoms with Gasteiger partial charge in [0, 0.05) is 17.7 Å². The largest absolute Gasteiger partial charge is 0.466 e. The topological polar surface area (TPSA) is 80.8 Å². The molecule has 0 fully saturated rings. The van der Waals surface area contributed by atoms with Crippen LogP contribution >= 0.6 is 0 Å². The van der Waals surface area contributed by atoms with Gasteiger partial charge in [-0.3, -0.25) is 5.32 Å². The maximum absolute atomic E-state index is 12.8. The second kappa shape index (κ2) is 5.65. The molecular formula is C20H17N3O4. The highest BCUT2D eigenvalue weighted by Crippen LogP contribution is 2.53. The van der Waals surface area contributed by atoms with Gasteiger partial charge in [0.15, 0.2) is 0 Å². The number of nitrogens with one attached hydrogen (secondary N) is 1. The molecule has 1 N–H and O–H groups in total. The Morgan fingerprint density at radius 1 is 1.00 bits per heavy atom. The van der Waals surface area contributed by atoms with Gasteiger partial charge in [0.25, 0.3) is 0 Å². The van der Waals surface area contributed by atoms with Gasteiger partial charge in [0.1, 0.15) is 11.5 Å². The van der Waals surface area contributed by atoms with Gasteiger partial charge >= 0.3 is 11.9 Å². The number of benzene rings is 1. The van der Waals surface area contributed by atoms with Crippen molar-refractivity contribution >= 4 is 17.8 Å². The third-order valence-corrected chi connectivity index (χ3v) is 5.52. The van der Waals surface area contributed by atoms with E-state index in [2.05, 4.69) is 16.4 Å². The van der Waals surface area contributed by atoms with Crippen LogP contribution in [0.2, 0.25) is 0 Å². The van der Waals surface area contributed by atoms with Crippen molar-refractivity contribution in [1.82, 2.24) is 10.3 Å². The number of methoxy groups -OCH3 is 2. The van der Waals surface area contributed by atoms with E-state index in [1.807, 2.05) is 30.3 Å². The predicted octanol–water partition coefficient (Wildman–Crippen LogP) is 1.62. The third kappa shape index (κ3) is 1.97. The van der Waals surface area contributed by atoms with Crippen molar-refractivity contribution in [3.8, 4) is 0 Å². The van der Waals surface area contributed by atoms with Crippen LogP contribution < -0.4 is 10.2 Å². The Morgan fingerprint density at radius 3 is 2.44 bits per heavy atom. The fourth-order valence-electron chi connectivity index (χ4n) is 4.51. The van der Waals surface area contributed by atoms with E-state index >= 15 is 0 Å². The van der Waals surface area contributed by atoms with Crippen LogP contribution in [-0.2, 0) is 19.1 Å². The van der Waals surface area contributed by atoms with E-state index in [4.69, 9.17) is 9.47 Å². The van der Waals surface area contributed by atoms with Gasteiger partial charge in [0.05, 0.1) is 32.0 Å². The van der Waals surface area contributed by atoms with E-state index in [9.17, 15) is 9.59 Å². The molecule has 0 saturated heterocycles. The smallest absolute Gasteiger partial charge is 0.355 e. The van der Waals surface area contributed by atoms with Gasteiger partial charge in [-0.2, -0.15) is 0 Å². The van der Waals surface area contributed by atoms with Crippen LogP contribution in [0.1, 0.15) is 28.7 Å². The molecule has 136 valence electrons. The highest BCUT2D eigenvalue weighted by atomic mass is 16.5. The average molecular weight is 363 g/mol. The Morgan fingerprint density at radius 2 is 1.70 bits per heavy atom. The Bertz CT molecular complexity index is 1020. The fraction of sp³-hybridized carbons (Fsp3) is 0.250. The molecule has 0 amide bonds. The molecular weight excluding hydrogens is 346 g/mol. The van der Waals surface area contributed by atoms with Crippen LogP contribution in [-0.4, -0.2) is 37.3 Å². The third-order valence-electron chi connectivity index (χ3n) is 5.52. The molecule has 27 heavy (non-hydrogen) atoms. The summed E-state index contributed by atoms with van der Waals surface area (Å²) in [5.74, 6) is -0.496. The molecule has 1 aromatic carbocycles. The lowest BCUT2D eigenvalue weighted by Gasteiger charge is -2.44. The summed E-state index contributed by atoms with van der Waals surface area (Å²) >= 11 is 0. The van der Waals surface area contributed by atoms with Crippen LogP contribution in [0.25, 0.3) is 0 Å². The number of carbonyl (C=O) groups excluding carboxylic acids is 2. The van der Waals surface area contributed by atoms with Gasteiger partial charge in [-0.1, -0.05) is 30.3 Å². The zero-order chi connectivity index (χ0) is 18.7. The number of esters is 2. The summed E-state index contributed by atoms with van der Waals surface area (Å²) < 4.78 is 10.1. The number of anilines is 1. The Kier molecular flexibility index (Phi) is 3.35. The lowest BCUT2D eigenvalue weighted by atomic mass is 9.78. The predicted molar refractivity (Wildman–Crippen MR) is 95.7 cm³/mol. The Labute approximate surface area is 155 Å². The van der Waals surface area contributed by atoms with E-state index in [1.165, 1.54) is 14.2 Å². The molecule has 0 spiro atoms. The number of hydrogen-bond acceptors (Lipinski definition) is 7. The summed E-state index contributed by atoms with van der Waals surface area (Å²) in [5.41, 5.74) is 3.51. The van der Waals surface area contributed by atoms with Gasteiger partial charge < -0.3 is 14.4 Å². The van der Waals surface area contributed by atoms with E-state index in [-0.39, 0.29) is 23.4 Å². The van der Waals surface area contributed by atoms with Crippen LogP contribution in [0.4, 0.5) is 5.82 Å². The molecule has 7 nitrogen and oxygen atoms in total. The maximum atomic E-state index is 12.8. The van der Waals surface area contributed by atoms with Crippen molar-refractivity contribution < 1.29 is 19.1 Å². The molecule has 3 aliphatic heterocycles. The van der Waals surface area contributed by atoms with Crippen LogP contribution in [0.15, 0.2) is 53.9 Å². The lowest BCUT2D eigenvalue weighted by molar-refractivity contribution is -0.140. The van der Waals surface area contributed by atoms with Gasteiger partial charge in [-0.05, 0) is 17.2 Å². The minimum atomic E-state index is -0.580. The van der Waals surface area contributed by atoms with Gasteiger partial charge in [-0.25, -0.2) is 14.6 Å². The number of aromatic nitrogens is 1. The zero-order valence-corrected chi connectivity index (χ0v) is 14.8. The van der Waals surface area contributed by atoms with Crippen molar-refractivity contribution in [2.24, 2.45) is 0 Å². The molecule has 3 atom stereocenters. The number of ether oxygens (including phenoxy) is 2. The molecule has 0 radical (unpaired) electrons. The van der Waals surface area contributed by atoms with Crippen LogP contribution in [0.5, 0.6) is 0 Å². The molecule has 2 aromatic rings. The van der Waals surface area contributed by atoms with Crippen LogP contribution in [0, 0.1) is 0 Å². The molecule has 5 rings (SSSR count). The molecule has 3 aliphatic rings. The maximum Gasteiger partial charge on any atom is 0.355 e. The summed E-state index contributed by atoms with van der Waals surface area (Å²) in [5, 5.41) is 3.51. The monoisotopic (exact) mass is 363 g/mol. The van der Waals surface area contributed by atoms with E-state index in [1.54, 1.807) is 11.1 Å². The first kappa shape index (κ1) is 16.0. The molecule has 0 unspecified atom stereocenters. The molecule has 2 bridgehead atoms. The molecule has 1 aromatic heterocycles. The zero-order valence-electron chi connectivity index (χ0n) is 14.8. The van der Waals surface area contributed by atoms with Gasteiger partial charge in [0.2, 0.25) is 0 Å². The second-order valence-electron chi connectivity index (χ2n) is 6.68. The van der Waals surface area contributed by atoms with Crippen molar-refractivity contribution in [2.75, 3.05) is 19.1 Å². The standard InChI is InChI=1S/C20H17N3O4/c1-26-19(24)14-15-11-7-4-3-6-10(11)13-12-8-5-9-21-17(12)23(18(13)22-15)16(14)20(25)27-2/h3-9,13,15,18,22H,1-2H3/t13-,15+,18+/m0/s1. The summed E-state index contributed by atoms with van der Waals surface area (Å²) in [4.78, 5) is 31.8. The average Bonchev–Trinajstić information content (AvgIpc) is 3.07. The normalized spacial score (nSPS) is 24.2. The van der Waals surface area contributed by atoms with Gasteiger partial charge in [-0.15, -0.1) is 0 Å². The molecule has 7 heteroatoms. The molecule has 0 aliphatic carbocycles. The minimum Gasteiger partial charge on any atom is -0.466 e. The lowest BCUT2D eigenvalue weighted by Crippen LogP contribution is -2.57. The SMILES string of the molecule is COC(=O)C1=C(C(=O)OC)N2c3ncccc3[C@@H]3c4ccccc4[C@H]1N[C@@H]32. The first-order chi connectivity index (χ1) is 13.2. The highest BCUT2D eigenvalue weighted by Gasteiger charge is 2.54. The highest BCUT2D eigenvalue weighted by molar-refractivity contribution is 6.05. The first-order valence-corrected chi connectivity index (χ1v) is 8.67. The van der Waals surface area contributed by atoms with Crippen molar-refractivity contribution in [3.63, 3.8) is 0 Å². The second-order valence-corrected chi connectivity index (χ2v) is 6.68. The number of carbonyl (C=O) groups is 2. The quantitative estimate of drug-likeness (QED) is 0.812. The van der Waals surface area contributed by atoms with Crippen molar-refractivity contribution in [1.29, 1.82) is 0 Å². The number of hydrogen-bond donors (Lipinski definition) is 1. The summed E-state index contributed by atoms with van der Waals surface area (Å²) in [6, 6.07) is 11.4. The first-order valence-electron chi connectivity index (χ1n) is 8.67. The van der Waals surface area contributed by atoms with E-state index in [0.717, 1.165) is 16.7 Å². The Balaban J connectivity index is 1.89. The van der Waals surface area contributed by atoms with Crippen LogP contribution in [0.3, 0.4) is 0 Å².